The molecule has 2 rings (SSSR count). The Morgan fingerprint density at radius 3 is 2.58 bits per heavy atom. The molecule has 1 aromatic heterocycles. The molecule has 1 aliphatic heterocycles. The first-order chi connectivity index (χ1) is 12.6. The van der Waals surface area contributed by atoms with Gasteiger partial charge in [0.05, 0.1) is 10.7 Å². The Hall–Kier alpha value is -1.14. The van der Waals surface area contributed by atoms with E-state index >= 15 is 0 Å². The molecular weight excluding hydrogens is 342 g/mol. The topological polar surface area (TPSA) is 52.6 Å². The molecule has 1 saturated heterocycles. The highest BCUT2D eigenvalue weighted by Gasteiger charge is 2.20. The minimum Gasteiger partial charge on any atom is -0.357 e. The lowest BCUT2D eigenvalue weighted by Gasteiger charge is -2.31. The van der Waals surface area contributed by atoms with Crippen LogP contribution in [0.25, 0.3) is 0 Å². The molecule has 0 atom stereocenters. The summed E-state index contributed by atoms with van der Waals surface area (Å²) in [6, 6.07) is 0. The van der Waals surface area contributed by atoms with E-state index in [4.69, 9.17) is 4.99 Å². The summed E-state index contributed by atoms with van der Waals surface area (Å²) in [5.41, 5.74) is 1.23. The molecule has 2 N–H and O–H groups in total. The Kier molecular flexibility index (Phi) is 9.40. The summed E-state index contributed by atoms with van der Waals surface area (Å²) in [6.45, 7) is 14.9. The first-order valence-corrected chi connectivity index (χ1v) is 11.2. The third-order valence-corrected chi connectivity index (χ3v) is 6.15. The predicted molar refractivity (Wildman–Crippen MR) is 113 cm³/mol. The van der Waals surface area contributed by atoms with Gasteiger partial charge in [0.15, 0.2) is 5.96 Å². The van der Waals surface area contributed by atoms with E-state index in [1.54, 1.807) is 11.3 Å². The quantitative estimate of drug-likeness (QED) is 0.508. The van der Waals surface area contributed by atoms with Crippen molar-refractivity contribution in [3.63, 3.8) is 0 Å². The van der Waals surface area contributed by atoms with Gasteiger partial charge in [0.1, 0.15) is 0 Å². The summed E-state index contributed by atoms with van der Waals surface area (Å²) >= 11 is 1.75. The smallest absolute Gasteiger partial charge is 0.191 e. The number of nitrogens with zero attached hydrogens (tertiary/aromatic N) is 3. The number of thiazole rings is 1. The van der Waals surface area contributed by atoms with E-state index in [2.05, 4.69) is 53.6 Å². The third kappa shape index (κ3) is 7.23. The number of nitrogens with one attached hydrogen (secondary N) is 2. The molecule has 0 bridgehead atoms. The minimum absolute atomic E-state index is 0.697. The van der Waals surface area contributed by atoms with Crippen LogP contribution in [0.2, 0.25) is 0 Å². The van der Waals surface area contributed by atoms with Crippen LogP contribution in [0.3, 0.4) is 0 Å². The van der Waals surface area contributed by atoms with Crippen LogP contribution in [0.5, 0.6) is 0 Å². The second-order valence-corrected chi connectivity index (χ2v) is 8.42. The number of likely N-dealkylation sites (tertiary alicyclic amines) is 1. The van der Waals surface area contributed by atoms with Gasteiger partial charge >= 0.3 is 0 Å². The number of aromatic nitrogens is 1. The molecule has 0 saturated carbocycles. The molecule has 0 unspecified atom stereocenters. The molecule has 1 aromatic rings. The summed E-state index contributed by atoms with van der Waals surface area (Å²) in [6.07, 6.45) is 4.91. The number of hydrogen-bond acceptors (Lipinski definition) is 4. The van der Waals surface area contributed by atoms with Crippen LogP contribution in [0, 0.1) is 18.8 Å². The van der Waals surface area contributed by atoms with E-state index in [1.165, 1.54) is 49.5 Å². The molecule has 0 aromatic carbocycles. The SMILES string of the molecule is CCNC(=NCC(CC)CC)NCC1CCN(Cc2csc(C)n2)CC1. The van der Waals surface area contributed by atoms with Crippen LogP contribution < -0.4 is 10.6 Å². The van der Waals surface area contributed by atoms with Crippen molar-refractivity contribution in [3.05, 3.63) is 16.1 Å². The fraction of sp³-hybridized carbons (Fsp3) is 0.800. The van der Waals surface area contributed by atoms with Crippen molar-refractivity contribution in [1.29, 1.82) is 0 Å². The molecule has 0 radical (unpaired) electrons. The van der Waals surface area contributed by atoms with Gasteiger partial charge < -0.3 is 10.6 Å². The van der Waals surface area contributed by atoms with Crippen LogP contribution in [0.15, 0.2) is 10.4 Å². The number of rotatable bonds is 9. The largest absolute Gasteiger partial charge is 0.357 e. The average molecular weight is 380 g/mol. The number of guanidine groups is 1. The molecule has 1 aliphatic rings. The zero-order valence-corrected chi connectivity index (χ0v) is 17.9. The first-order valence-electron chi connectivity index (χ1n) is 10.3. The monoisotopic (exact) mass is 379 g/mol. The van der Waals surface area contributed by atoms with Gasteiger partial charge in [0.2, 0.25) is 0 Å². The Labute approximate surface area is 163 Å². The van der Waals surface area contributed by atoms with E-state index in [0.717, 1.165) is 38.1 Å². The fourth-order valence-electron chi connectivity index (χ4n) is 3.41. The lowest BCUT2D eigenvalue weighted by Crippen LogP contribution is -2.43. The van der Waals surface area contributed by atoms with E-state index in [1.807, 2.05) is 0 Å². The average Bonchev–Trinajstić information content (AvgIpc) is 3.06. The zero-order valence-electron chi connectivity index (χ0n) is 17.1. The summed E-state index contributed by atoms with van der Waals surface area (Å²) in [5, 5.41) is 10.3. The van der Waals surface area contributed by atoms with Crippen molar-refractivity contribution < 1.29 is 0 Å². The zero-order chi connectivity index (χ0) is 18.8. The highest BCUT2D eigenvalue weighted by molar-refractivity contribution is 7.09. The maximum absolute atomic E-state index is 4.79. The van der Waals surface area contributed by atoms with Gasteiger partial charge in [-0.3, -0.25) is 9.89 Å². The van der Waals surface area contributed by atoms with Gasteiger partial charge in [-0.1, -0.05) is 26.7 Å². The van der Waals surface area contributed by atoms with E-state index in [-0.39, 0.29) is 0 Å². The van der Waals surface area contributed by atoms with E-state index in [0.29, 0.717) is 5.92 Å². The van der Waals surface area contributed by atoms with Gasteiger partial charge in [-0.05, 0) is 51.6 Å². The Bertz CT molecular complexity index is 530. The second kappa shape index (κ2) is 11.5. The van der Waals surface area contributed by atoms with Crippen LogP contribution in [-0.2, 0) is 6.54 Å². The van der Waals surface area contributed by atoms with Crippen LogP contribution in [0.1, 0.15) is 57.2 Å². The van der Waals surface area contributed by atoms with Crippen LogP contribution in [-0.4, -0.2) is 48.6 Å². The second-order valence-electron chi connectivity index (χ2n) is 7.36. The van der Waals surface area contributed by atoms with E-state index in [9.17, 15) is 0 Å². The lowest BCUT2D eigenvalue weighted by molar-refractivity contribution is 0.176. The van der Waals surface area contributed by atoms with Crippen molar-refractivity contribution in [2.24, 2.45) is 16.8 Å². The predicted octanol–water partition coefficient (Wildman–Crippen LogP) is 3.65. The highest BCUT2D eigenvalue weighted by atomic mass is 32.1. The normalized spacial score (nSPS) is 17.0. The Morgan fingerprint density at radius 1 is 1.27 bits per heavy atom. The molecular formula is C20H37N5S. The van der Waals surface area contributed by atoms with Crippen molar-refractivity contribution in [2.45, 2.75) is 59.9 Å². The highest BCUT2D eigenvalue weighted by Crippen LogP contribution is 2.19. The molecule has 0 amide bonds. The first kappa shape index (κ1) is 21.2. The van der Waals surface area contributed by atoms with E-state index < -0.39 is 0 Å². The van der Waals surface area contributed by atoms with Crippen molar-refractivity contribution in [3.8, 4) is 0 Å². The van der Waals surface area contributed by atoms with Gasteiger partial charge in [-0.25, -0.2) is 4.98 Å². The third-order valence-electron chi connectivity index (χ3n) is 5.32. The molecule has 5 nitrogen and oxygen atoms in total. The molecule has 1 fully saturated rings. The molecule has 148 valence electrons. The van der Waals surface area contributed by atoms with Gasteiger partial charge in [0.25, 0.3) is 0 Å². The number of hydrogen-bond donors (Lipinski definition) is 2. The molecule has 0 spiro atoms. The maximum atomic E-state index is 4.79. The standard InChI is InChI=1S/C20H37N5S/c1-5-17(6-2)12-22-20(21-7-3)23-13-18-8-10-25(11-9-18)14-19-15-26-16(4)24-19/h15,17-18H,5-14H2,1-4H3,(H2,21,22,23). The molecule has 0 aliphatic carbocycles. The van der Waals surface area contributed by atoms with Crippen LogP contribution in [0.4, 0.5) is 0 Å². The van der Waals surface area contributed by atoms with Gasteiger partial charge in [-0.2, -0.15) is 0 Å². The van der Waals surface area contributed by atoms with Gasteiger partial charge in [0, 0.05) is 31.6 Å². The Morgan fingerprint density at radius 2 is 2.00 bits per heavy atom. The number of aliphatic imine (C=N–C) groups is 1. The van der Waals surface area contributed by atoms with Crippen molar-refractivity contribution in [2.75, 3.05) is 32.7 Å². The summed E-state index contributed by atoms with van der Waals surface area (Å²) in [5.74, 6) is 2.42. The fourth-order valence-corrected chi connectivity index (χ4v) is 4.01. The molecule has 2 heterocycles. The molecule has 26 heavy (non-hydrogen) atoms. The summed E-state index contributed by atoms with van der Waals surface area (Å²) in [4.78, 5) is 11.9. The van der Waals surface area contributed by atoms with Crippen molar-refractivity contribution in [1.82, 2.24) is 20.5 Å². The van der Waals surface area contributed by atoms with Gasteiger partial charge in [-0.15, -0.1) is 11.3 Å². The Balaban J connectivity index is 1.72. The maximum Gasteiger partial charge on any atom is 0.191 e. The minimum atomic E-state index is 0.697. The summed E-state index contributed by atoms with van der Waals surface area (Å²) < 4.78 is 0. The van der Waals surface area contributed by atoms with Crippen LogP contribution >= 0.6 is 11.3 Å². The van der Waals surface area contributed by atoms with Crippen molar-refractivity contribution >= 4 is 17.3 Å². The lowest BCUT2D eigenvalue weighted by atomic mass is 9.97. The number of aryl methyl sites for hydroxylation is 1. The molecule has 6 heteroatoms. The summed E-state index contributed by atoms with van der Waals surface area (Å²) in [7, 11) is 0. The number of piperidine rings is 1.